The number of likely N-dealkylation sites (tertiary alicyclic amines) is 1. The normalized spacial score (nSPS) is 25.2. The van der Waals surface area contributed by atoms with E-state index in [1.165, 1.54) is 51.5 Å². The van der Waals surface area contributed by atoms with Gasteiger partial charge in [0.1, 0.15) is 0 Å². The van der Waals surface area contributed by atoms with Gasteiger partial charge in [-0.15, -0.1) is 11.3 Å². The Morgan fingerprint density at radius 2 is 1.55 bits per heavy atom. The van der Waals surface area contributed by atoms with E-state index in [1.54, 1.807) is 24.4 Å². The molecule has 252 valence electrons. The highest BCUT2D eigenvalue weighted by atomic mass is 35.5. The number of halogens is 2. The number of methoxy groups -OCH3 is 2. The number of ether oxygens (including phenoxy) is 2. The molecular formula is C34H41Cl2N5O5S. The fourth-order valence-corrected chi connectivity index (χ4v) is 9.17. The van der Waals surface area contributed by atoms with Gasteiger partial charge in [0.15, 0.2) is 0 Å². The number of aryl methyl sites for hydroxylation is 1. The summed E-state index contributed by atoms with van der Waals surface area (Å²) in [6, 6.07) is 5.59. The summed E-state index contributed by atoms with van der Waals surface area (Å²) in [4.78, 5) is 52.4. The van der Waals surface area contributed by atoms with Gasteiger partial charge in [-0.05, 0) is 50.3 Å². The molecule has 1 N–H and O–H groups in total. The largest absolute Gasteiger partial charge is 0.466 e. The van der Waals surface area contributed by atoms with Gasteiger partial charge < -0.3 is 24.6 Å². The van der Waals surface area contributed by atoms with Crippen LogP contribution in [0.25, 0.3) is 0 Å². The Bertz CT molecular complexity index is 1540. The zero-order valence-corrected chi connectivity index (χ0v) is 29.3. The first kappa shape index (κ1) is 33.9. The number of amides is 1. The second-order valence-corrected chi connectivity index (χ2v) is 14.6. The molecule has 2 saturated heterocycles. The highest BCUT2D eigenvalue weighted by Gasteiger charge is 2.44. The highest BCUT2D eigenvalue weighted by molar-refractivity contribution is 7.09. The van der Waals surface area contributed by atoms with Gasteiger partial charge in [-0.2, -0.15) is 0 Å². The molecule has 47 heavy (non-hydrogen) atoms. The molecule has 1 aromatic heterocycles. The van der Waals surface area contributed by atoms with E-state index in [0.29, 0.717) is 48.9 Å². The first-order chi connectivity index (χ1) is 22.7. The number of dihydropyridines is 1. The van der Waals surface area contributed by atoms with Crippen LogP contribution in [0.2, 0.25) is 10.0 Å². The van der Waals surface area contributed by atoms with Gasteiger partial charge >= 0.3 is 11.9 Å². The van der Waals surface area contributed by atoms with E-state index in [9.17, 15) is 14.4 Å². The summed E-state index contributed by atoms with van der Waals surface area (Å²) in [6.45, 7) is 5.25. The molecule has 0 bridgehead atoms. The lowest BCUT2D eigenvalue weighted by atomic mass is 9.78. The molecule has 1 amide bonds. The van der Waals surface area contributed by atoms with Crippen LogP contribution in [0.4, 0.5) is 0 Å². The number of hydrogen-bond acceptors (Lipinski definition) is 10. The first-order valence-corrected chi connectivity index (χ1v) is 17.7. The number of carbonyl (C=O) groups is 3. The second kappa shape index (κ2) is 14.7. The number of carbonyl (C=O) groups excluding carboxylic acids is 3. The summed E-state index contributed by atoms with van der Waals surface area (Å²) in [7, 11) is 4.77. The molecule has 4 heterocycles. The summed E-state index contributed by atoms with van der Waals surface area (Å²) in [5.74, 6) is -0.911. The Balaban J connectivity index is 1.28. The van der Waals surface area contributed by atoms with Crippen molar-refractivity contribution in [3.05, 3.63) is 72.9 Å². The van der Waals surface area contributed by atoms with E-state index in [2.05, 4.69) is 27.1 Å². The molecule has 3 unspecified atom stereocenters. The third-order valence-corrected chi connectivity index (χ3v) is 11.6. The van der Waals surface area contributed by atoms with Crippen molar-refractivity contribution in [3.8, 4) is 0 Å². The predicted molar refractivity (Wildman–Crippen MR) is 181 cm³/mol. The van der Waals surface area contributed by atoms with Crippen molar-refractivity contribution in [2.45, 2.75) is 44.1 Å². The molecule has 2 aromatic rings. The van der Waals surface area contributed by atoms with Crippen LogP contribution in [0.15, 0.2) is 52.3 Å². The monoisotopic (exact) mass is 701 g/mol. The zero-order chi connectivity index (χ0) is 33.2. The average molecular weight is 703 g/mol. The molecule has 4 aliphatic rings. The minimum absolute atomic E-state index is 0.0852. The fraction of sp³-hybridized carbons (Fsp3) is 0.529. The summed E-state index contributed by atoms with van der Waals surface area (Å²) >= 11 is 15.0. The number of nitrogens with zero attached hydrogens (tertiary/aromatic N) is 4. The van der Waals surface area contributed by atoms with Crippen LogP contribution in [-0.2, 0) is 30.3 Å². The molecule has 10 nitrogen and oxygen atoms in total. The van der Waals surface area contributed by atoms with Crippen molar-refractivity contribution in [2.75, 3.05) is 60.5 Å². The second-order valence-electron chi connectivity index (χ2n) is 12.8. The van der Waals surface area contributed by atoms with Gasteiger partial charge in [-0.3, -0.25) is 9.69 Å². The number of benzene rings is 1. The lowest BCUT2D eigenvalue weighted by molar-refractivity contribution is -0.137. The van der Waals surface area contributed by atoms with Crippen molar-refractivity contribution in [1.82, 2.24) is 25.0 Å². The molecular weight excluding hydrogens is 661 g/mol. The van der Waals surface area contributed by atoms with Gasteiger partial charge in [0.25, 0.3) is 0 Å². The Labute approximate surface area is 289 Å². The third kappa shape index (κ3) is 7.10. The Hall–Kier alpha value is -2.96. The molecule has 3 atom stereocenters. The Morgan fingerprint density at radius 1 is 0.936 bits per heavy atom. The third-order valence-electron chi connectivity index (χ3n) is 10.1. The standard InChI is InChI=1S/C34H41Cl2N5O5S/c1-39-18-20-15-22(16-21(20)19-39)40-10-12-41(13-11-40)28(42)17-26-31(34(44)46-3)32(29-23(35)5-4-6-24(29)36)30(33(43)45-2)25(38-26)7-8-27-37-9-14-47-27/h4-6,9,14,20-22,32,38H,7-8,10-13,15-19H2,1-3H3. The molecule has 13 heteroatoms. The van der Waals surface area contributed by atoms with E-state index in [-0.39, 0.29) is 33.5 Å². The van der Waals surface area contributed by atoms with E-state index in [0.717, 1.165) is 29.9 Å². The van der Waals surface area contributed by atoms with Crippen LogP contribution >= 0.6 is 34.5 Å². The summed E-state index contributed by atoms with van der Waals surface area (Å²) in [5, 5.41) is 6.64. The summed E-state index contributed by atoms with van der Waals surface area (Å²) in [5.41, 5.74) is 1.55. The number of thiazole rings is 1. The molecule has 3 aliphatic heterocycles. The maximum Gasteiger partial charge on any atom is 0.336 e. The SMILES string of the molecule is COC(=O)C1=C(CCc2nccs2)NC(CC(=O)N2CCN(C3CC4CN(C)CC4C3)CC2)=C(C(=O)OC)C1c1c(Cl)cccc1Cl. The number of allylic oxidation sites excluding steroid dienone is 1. The first-order valence-electron chi connectivity index (χ1n) is 16.1. The molecule has 1 saturated carbocycles. The maximum absolute atomic E-state index is 14.0. The summed E-state index contributed by atoms with van der Waals surface area (Å²) in [6.07, 6.45) is 5.00. The van der Waals surface area contributed by atoms with E-state index in [4.69, 9.17) is 32.7 Å². The number of fused-ring (bicyclic) bond motifs is 1. The number of hydrogen-bond donors (Lipinski definition) is 1. The number of esters is 2. The topological polar surface area (TPSA) is 104 Å². The van der Waals surface area contributed by atoms with Gasteiger partial charge in [-0.1, -0.05) is 29.3 Å². The van der Waals surface area contributed by atoms with Crippen LogP contribution in [-0.4, -0.2) is 104 Å². The van der Waals surface area contributed by atoms with E-state index < -0.39 is 17.9 Å². The lowest BCUT2D eigenvalue weighted by Crippen LogP contribution is -2.52. The minimum atomic E-state index is -1.02. The average Bonchev–Trinajstić information content (AvgIpc) is 3.80. The van der Waals surface area contributed by atoms with E-state index >= 15 is 0 Å². The van der Waals surface area contributed by atoms with Crippen molar-refractivity contribution < 1.29 is 23.9 Å². The Morgan fingerprint density at radius 3 is 2.13 bits per heavy atom. The van der Waals surface area contributed by atoms with Gasteiger partial charge in [0, 0.05) is 90.3 Å². The number of aromatic nitrogens is 1. The van der Waals surface area contributed by atoms with Crippen LogP contribution < -0.4 is 5.32 Å². The molecule has 3 fully saturated rings. The van der Waals surface area contributed by atoms with Gasteiger partial charge in [0.2, 0.25) is 5.91 Å². The van der Waals surface area contributed by atoms with E-state index in [1.807, 2.05) is 10.3 Å². The van der Waals surface area contributed by atoms with Crippen LogP contribution in [0.5, 0.6) is 0 Å². The number of nitrogens with one attached hydrogen (secondary N) is 1. The van der Waals surface area contributed by atoms with Gasteiger partial charge in [-0.25, -0.2) is 14.6 Å². The van der Waals surface area contributed by atoms with Gasteiger partial charge in [0.05, 0.1) is 42.7 Å². The molecule has 6 rings (SSSR count). The lowest BCUT2D eigenvalue weighted by Gasteiger charge is -2.39. The maximum atomic E-state index is 14.0. The van der Waals surface area contributed by atoms with Crippen molar-refractivity contribution in [2.24, 2.45) is 11.8 Å². The smallest absolute Gasteiger partial charge is 0.336 e. The zero-order valence-electron chi connectivity index (χ0n) is 27.0. The minimum Gasteiger partial charge on any atom is -0.466 e. The van der Waals surface area contributed by atoms with Crippen molar-refractivity contribution in [1.29, 1.82) is 0 Å². The number of rotatable bonds is 9. The number of piperazine rings is 1. The van der Waals surface area contributed by atoms with Crippen LogP contribution in [0.1, 0.15) is 42.2 Å². The molecule has 1 aromatic carbocycles. The van der Waals surface area contributed by atoms with Crippen LogP contribution in [0, 0.1) is 11.8 Å². The molecule has 1 aliphatic carbocycles. The molecule has 0 spiro atoms. The summed E-state index contributed by atoms with van der Waals surface area (Å²) < 4.78 is 10.5. The predicted octanol–water partition coefficient (Wildman–Crippen LogP) is 4.50. The fourth-order valence-electron chi connectivity index (χ4n) is 7.93. The Kier molecular flexibility index (Phi) is 10.6. The highest BCUT2D eigenvalue weighted by Crippen LogP contribution is 2.46. The van der Waals surface area contributed by atoms with Crippen molar-refractivity contribution >= 4 is 52.4 Å². The molecule has 0 radical (unpaired) electrons. The quantitative estimate of drug-likeness (QED) is 0.379. The van der Waals surface area contributed by atoms with Crippen LogP contribution in [0.3, 0.4) is 0 Å². The van der Waals surface area contributed by atoms with Crippen molar-refractivity contribution in [3.63, 3.8) is 0 Å².